The number of allylic oxidation sites excluding steroid dienone is 4. The lowest BCUT2D eigenvalue weighted by Gasteiger charge is -2.17. The Morgan fingerprint density at radius 3 is 2.00 bits per heavy atom. The fourth-order valence-corrected chi connectivity index (χ4v) is 7.10. The Kier molecular flexibility index (Phi) is 8.80. The summed E-state index contributed by atoms with van der Waals surface area (Å²) in [5.74, 6) is 4.08. The van der Waals surface area contributed by atoms with Gasteiger partial charge in [0.15, 0.2) is 0 Å². The molecule has 0 nitrogen and oxygen atoms in total. The van der Waals surface area contributed by atoms with Gasteiger partial charge in [-0.25, -0.2) is 0 Å². The second-order valence-corrected chi connectivity index (χ2v) is 11.3. The molecular formula is C29H48. The first-order valence-electron chi connectivity index (χ1n) is 13.7. The van der Waals surface area contributed by atoms with Crippen molar-refractivity contribution in [3.63, 3.8) is 0 Å². The number of hydrogen-bond donors (Lipinski definition) is 0. The molecule has 0 spiro atoms. The maximum atomic E-state index is 2.74. The molecule has 0 aliphatic heterocycles. The van der Waals surface area contributed by atoms with Gasteiger partial charge in [0.2, 0.25) is 0 Å². The summed E-state index contributed by atoms with van der Waals surface area (Å²) in [7, 11) is 0. The van der Waals surface area contributed by atoms with Crippen LogP contribution in [0.25, 0.3) is 0 Å². The zero-order valence-electron chi connectivity index (χ0n) is 19.3. The average molecular weight is 397 g/mol. The van der Waals surface area contributed by atoms with Crippen LogP contribution in [-0.4, -0.2) is 0 Å². The van der Waals surface area contributed by atoms with Gasteiger partial charge in [0.25, 0.3) is 0 Å². The molecule has 0 radical (unpaired) electrons. The van der Waals surface area contributed by atoms with Crippen molar-refractivity contribution >= 4 is 0 Å². The molecule has 0 aromatic rings. The molecule has 29 heavy (non-hydrogen) atoms. The van der Waals surface area contributed by atoms with E-state index in [-0.39, 0.29) is 0 Å². The van der Waals surface area contributed by atoms with Crippen molar-refractivity contribution in [1.29, 1.82) is 0 Å². The van der Waals surface area contributed by atoms with Gasteiger partial charge in [0.05, 0.1) is 0 Å². The van der Waals surface area contributed by atoms with Gasteiger partial charge >= 0.3 is 0 Å². The number of rotatable bonds is 10. The van der Waals surface area contributed by atoms with Crippen LogP contribution >= 0.6 is 0 Å². The van der Waals surface area contributed by atoms with Gasteiger partial charge in [-0.1, -0.05) is 81.1 Å². The molecular weight excluding hydrogens is 348 g/mol. The van der Waals surface area contributed by atoms with Crippen molar-refractivity contribution in [2.45, 2.75) is 135 Å². The fourth-order valence-electron chi connectivity index (χ4n) is 7.10. The summed E-state index contributed by atoms with van der Waals surface area (Å²) in [6.45, 7) is 0. The van der Waals surface area contributed by atoms with Crippen molar-refractivity contribution < 1.29 is 0 Å². The van der Waals surface area contributed by atoms with E-state index in [1.165, 1.54) is 89.9 Å². The predicted molar refractivity (Wildman–Crippen MR) is 127 cm³/mol. The molecule has 0 bridgehead atoms. The van der Waals surface area contributed by atoms with E-state index < -0.39 is 0 Å². The Labute approximate surface area is 182 Å². The zero-order chi connectivity index (χ0) is 19.7. The van der Waals surface area contributed by atoms with E-state index in [4.69, 9.17) is 0 Å². The molecule has 0 heterocycles. The molecule has 0 heteroatoms. The van der Waals surface area contributed by atoms with Gasteiger partial charge in [-0.05, 0) is 101 Å². The van der Waals surface area contributed by atoms with Crippen LogP contribution in [0.4, 0.5) is 0 Å². The molecule has 0 aromatic heterocycles. The Morgan fingerprint density at radius 2 is 1.28 bits per heavy atom. The maximum absolute atomic E-state index is 2.74. The lowest BCUT2D eigenvalue weighted by Crippen LogP contribution is -2.03. The van der Waals surface area contributed by atoms with E-state index in [1.54, 1.807) is 56.1 Å². The zero-order valence-corrected chi connectivity index (χ0v) is 19.3. The first kappa shape index (κ1) is 21.7. The molecule has 4 fully saturated rings. The molecule has 0 saturated heterocycles. The summed E-state index contributed by atoms with van der Waals surface area (Å²) in [4.78, 5) is 0. The van der Waals surface area contributed by atoms with Gasteiger partial charge in [-0.15, -0.1) is 0 Å². The highest BCUT2D eigenvalue weighted by Gasteiger charge is 2.25. The summed E-state index contributed by atoms with van der Waals surface area (Å²) in [6.07, 6.45) is 36.5. The minimum atomic E-state index is 0.845. The average Bonchev–Trinajstić information content (AvgIpc) is 3.53. The normalized spacial score (nSPS) is 29.1. The molecule has 3 unspecified atom stereocenters. The van der Waals surface area contributed by atoms with E-state index in [0.717, 1.165) is 23.7 Å². The van der Waals surface area contributed by atoms with Crippen molar-refractivity contribution in [1.82, 2.24) is 0 Å². The van der Waals surface area contributed by atoms with Gasteiger partial charge in [0, 0.05) is 0 Å². The standard InChI is InChI=1S/C29H48/c1-2-9-24(8-1)14-7-15-27-18-19-29(23-27)21-20-28(22-26-12-5-6-13-26)17-16-25-10-3-4-11-25/h16,22,24,27-29H,1-15,17-21,23H2. The topological polar surface area (TPSA) is 0 Å². The van der Waals surface area contributed by atoms with E-state index in [1.807, 2.05) is 0 Å². The maximum Gasteiger partial charge on any atom is -0.0196 e. The third kappa shape index (κ3) is 7.29. The minimum Gasteiger partial charge on any atom is -0.0847 e. The van der Waals surface area contributed by atoms with Crippen molar-refractivity contribution in [3.8, 4) is 0 Å². The monoisotopic (exact) mass is 396 g/mol. The Bertz CT molecular complexity index is 516. The largest absolute Gasteiger partial charge is 0.0847 e. The van der Waals surface area contributed by atoms with E-state index in [2.05, 4.69) is 12.2 Å². The number of hydrogen-bond acceptors (Lipinski definition) is 0. The lowest BCUT2D eigenvalue weighted by molar-refractivity contribution is 0.387. The third-order valence-corrected chi connectivity index (χ3v) is 8.97. The second-order valence-electron chi connectivity index (χ2n) is 11.3. The van der Waals surface area contributed by atoms with Gasteiger partial charge in [-0.2, -0.15) is 0 Å². The molecule has 3 atom stereocenters. The lowest BCUT2D eigenvalue weighted by atomic mass is 9.89. The van der Waals surface area contributed by atoms with Gasteiger partial charge < -0.3 is 0 Å². The molecule has 4 rings (SSSR count). The molecule has 164 valence electrons. The van der Waals surface area contributed by atoms with Crippen molar-refractivity contribution in [2.24, 2.45) is 23.7 Å². The van der Waals surface area contributed by atoms with Crippen LogP contribution in [0.1, 0.15) is 135 Å². The quantitative estimate of drug-likeness (QED) is 0.322. The van der Waals surface area contributed by atoms with Crippen LogP contribution in [0.5, 0.6) is 0 Å². The van der Waals surface area contributed by atoms with Crippen LogP contribution in [0.2, 0.25) is 0 Å². The van der Waals surface area contributed by atoms with E-state index in [9.17, 15) is 0 Å². The summed E-state index contributed by atoms with van der Waals surface area (Å²) in [5.41, 5.74) is 3.58. The molecule has 4 saturated carbocycles. The van der Waals surface area contributed by atoms with Gasteiger partial charge in [0.1, 0.15) is 0 Å². The van der Waals surface area contributed by atoms with Gasteiger partial charge in [-0.3, -0.25) is 0 Å². The van der Waals surface area contributed by atoms with Crippen LogP contribution in [0.3, 0.4) is 0 Å². The van der Waals surface area contributed by atoms with Crippen molar-refractivity contribution in [2.75, 3.05) is 0 Å². The highest BCUT2D eigenvalue weighted by molar-refractivity contribution is 5.12. The second kappa shape index (κ2) is 11.8. The summed E-state index contributed by atoms with van der Waals surface area (Å²) < 4.78 is 0. The first-order chi connectivity index (χ1) is 14.3. The summed E-state index contributed by atoms with van der Waals surface area (Å²) >= 11 is 0. The van der Waals surface area contributed by atoms with E-state index in [0.29, 0.717) is 0 Å². The van der Waals surface area contributed by atoms with E-state index >= 15 is 0 Å². The molecule has 0 aromatic carbocycles. The molecule has 4 aliphatic rings. The van der Waals surface area contributed by atoms with Crippen LogP contribution in [0, 0.1) is 23.7 Å². The van der Waals surface area contributed by atoms with Crippen LogP contribution in [-0.2, 0) is 0 Å². The Hall–Kier alpha value is -0.520. The van der Waals surface area contributed by atoms with Crippen LogP contribution in [0.15, 0.2) is 23.3 Å². The third-order valence-electron chi connectivity index (χ3n) is 8.97. The van der Waals surface area contributed by atoms with Crippen LogP contribution < -0.4 is 0 Å². The molecule has 4 aliphatic carbocycles. The van der Waals surface area contributed by atoms with Crippen molar-refractivity contribution in [3.05, 3.63) is 23.3 Å². The predicted octanol–water partition coefficient (Wildman–Crippen LogP) is 9.55. The smallest absolute Gasteiger partial charge is 0.0196 e. The highest BCUT2D eigenvalue weighted by atomic mass is 14.3. The summed E-state index contributed by atoms with van der Waals surface area (Å²) in [6, 6.07) is 0. The first-order valence-corrected chi connectivity index (χ1v) is 13.7. The fraction of sp³-hybridized carbons (Fsp3) is 0.862. The Morgan fingerprint density at radius 1 is 0.655 bits per heavy atom. The minimum absolute atomic E-state index is 0.845. The SMILES string of the molecule is C(CC(C=C1CCCC1)CCC1CCC(CCCC2CCCC2)C1)=C1CCCC1. The highest BCUT2D eigenvalue weighted by Crippen LogP contribution is 2.39. The summed E-state index contributed by atoms with van der Waals surface area (Å²) in [5, 5.41) is 0. The molecule has 0 amide bonds. The molecule has 0 N–H and O–H groups in total. The Balaban J connectivity index is 1.18.